The van der Waals surface area contributed by atoms with E-state index in [9.17, 15) is 9.18 Å². The van der Waals surface area contributed by atoms with Crippen LogP contribution in [0.4, 0.5) is 10.1 Å². The lowest BCUT2D eigenvalue weighted by molar-refractivity contribution is -0.120. The topological polar surface area (TPSA) is 20.3 Å². The van der Waals surface area contributed by atoms with Gasteiger partial charge in [0.2, 0.25) is 5.91 Å². The predicted octanol–water partition coefficient (Wildman–Crippen LogP) is 4.03. The first-order valence-corrected chi connectivity index (χ1v) is 8.22. The third kappa shape index (κ3) is 2.01. The minimum atomic E-state index is -0.362. The van der Waals surface area contributed by atoms with E-state index in [-0.39, 0.29) is 17.1 Å². The molecule has 0 radical (unpaired) electrons. The van der Waals surface area contributed by atoms with Gasteiger partial charge in [-0.25, -0.2) is 4.39 Å². The van der Waals surface area contributed by atoms with Gasteiger partial charge in [-0.3, -0.25) is 4.79 Å². The first kappa shape index (κ1) is 13.3. The van der Waals surface area contributed by atoms with Crippen LogP contribution < -0.4 is 4.90 Å². The molecule has 0 aromatic heterocycles. The molecule has 21 heavy (non-hydrogen) atoms. The quantitative estimate of drug-likeness (QED) is 0.804. The molecule has 0 unspecified atom stereocenters. The van der Waals surface area contributed by atoms with Gasteiger partial charge in [0.05, 0.1) is 5.41 Å². The Morgan fingerprint density at radius 3 is 2.62 bits per heavy atom. The first-order valence-electron chi connectivity index (χ1n) is 8.22. The SMILES string of the molecule is CC1CCC(CN2C(=O)C3(CC3)c3cc(F)ccc32)CC1. The van der Waals surface area contributed by atoms with E-state index < -0.39 is 0 Å². The Bertz CT molecular complexity index is 585. The number of benzene rings is 1. The van der Waals surface area contributed by atoms with Gasteiger partial charge < -0.3 is 4.90 Å². The first-order chi connectivity index (χ1) is 10.1. The lowest BCUT2D eigenvalue weighted by Gasteiger charge is -2.30. The van der Waals surface area contributed by atoms with Crippen LogP contribution in [0, 0.1) is 17.7 Å². The number of carbonyl (C=O) groups is 1. The van der Waals surface area contributed by atoms with Crippen molar-refractivity contribution in [3.05, 3.63) is 29.6 Å². The number of hydrogen-bond donors (Lipinski definition) is 0. The second-order valence-corrected chi connectivity index (χ2v) is 7.29. The summed E-state index contributed by atoms with van der Waals surface area (Å²) < 4.78 is 13.6. The van der Waals surface area contributed by atoms with Crippen molar-refractivity contribution in [3.8, 4) is 0 Å². The lowest BCUT2D eigenvalue weighted by Crippen LogP contribution is -2.37. The van der Waals surface area contributed by atoms with Gasteiger partial charge in [0.15, 0.2) is 0 Å². The Labute approximate surface area is 125 Å². The second kappa shape index (κ2) is 4.56. The maximum atomic E-state index is 13.6. The van der Waals surface area contributed by atoms with Crippen LogP contribution in [0.15, 0.2) is 18.2 Å². The van der Waals surface area contributed by atoms with E-state index in [1.54, 1.807) is 12.1 Å². The van der Waals surface area contributed by atoms with Gasteiger partial charge in [-0.15, -0.1) is 0 Å². The summed E-state index contributed by atoms with van der Waals surface area (Å²) in [7, 11) is 0. The summed E-state index contributed by atoms with van der Waals surface area (Å²) in [5.41, 5.74) is 1.55. The Morgan fingerprint density at radius 2 is 1.95 bits per heavy atom. The summed E-state index contributed by atoms with van der Waals surface area (Å²) in [5.74, 6) is 1.44. The molecular formula is C18H22FNO. The third-order valence-electron chi connectivity index (χ3n) is 5.75. The van der Waals surface area contributed by atoms with E-state index in [0.29, 0.717) is 5.92 Å². The number of hydrogen-bond acceptors (Lipinski definition) is 1. The fraction of sp³-hybridized carbons (Fsp3) is 0.611. The maximum Gasteiger partial charge on any atom is 0.237 e. The number of carbonyl (C=O) groups excluding carboxylic acids is 1. The maximum absolute atomic E-state index is 13.6. The average molecular weight is 287 g/mol. The summed E-state index contributed by atoms with van der Waals surface area (Å²) in [6.45, 7) is 3.14. The van der Waals surface area contributed by atoms with Crippen molar-refractivity contribution in [2.24, 2.45) is 11.8 Å². The molecule has 2 nitrogen and oxygen atoms in total. The van der Waals surface area contributed by atoms with Crippen LogP contribution in [0.3, 0.4) is 0 Å². The lowest BCUT2D eigenvalue weighted by atomic mass is 9.83. The monoisotopic (exact) mass is 287 g/mol. The molecule has 3 heteroatoms. The zero-order chi connectivity index (χ0) is 14.6. The molecule has 2 fully saturated rings. The van der Waals surface area contributed by atoms with Crippen molar-refractivity contribution in [1.82, 2.24) is 0 Å². The van der Waals surface area contributed by atoms with Crippen molar-refractivity contribution in [2.75, 3.05) is 11.4 Å². The van der Waals surface area contributed by atoms with E-state index in [1.807, 2.05) is 4.90 Å². The van der Waals surface area contributed by atoms with Gasteiger partial charge in [-0.1, -0.05) is 19.8 Å². The largest absolute Gasteiger partial charge is 0.311 e. The number of fused-ring (bicyclic) bond motifs is 2. The molecule has 1 spiro atoms. The minimum absolute atomic E-state index is 0.221. The summed E-state index contributed by atoms with van der Waals surface area (Å²) in [6.07, 6.45) is 6.76. The number of halogens is 1. The molecule has 0 atom stereocenters. The average Bonchev–Trinajstić information content (AvgIpc) is 3.24. The molecule has 112 valence electrons. The summed E-state index contributed by atoms with van der Waals surface area (Å²) >= 11 is 0. The van der Waals surface area contributed by atoms with Crippen LogP contribution >= 0.6 is 0 Å². The third-order valence-corrected chi connectivity index (χ3v) is 5.75. The van der Waals surface area contributed by atoms with Crippen molar-refractivity contribution in [2.45, 2.75) is 50.9 Å². The molecule has 0 saturated heterocycles. The van der Waals surface area contributed by atoms with Crippen molar-refractivity contribution < 1.29 is 9.18 Å². The number of anilines is 1. The van der Waals surface area contributed by atoms with E-state index in [1.165, 1.54) is 31.7 Å². The highest BCUT2D eigenvalue weighted by Gasteiger charge is 2.59. The number of nitrogens with zero attached hydrogens (tertiary/aromatic N) is 1. The van der Waals surface area contributed by atoms with Crippen LogP contribution in [0.1, 0.15) is 51.0 Å². The highest BCUT2D eigenvalue weighted by Crippen LogP contribution is 2.57. The standard InChI is InChI=1S/C18H22FNO/c1-12-2-4-13(5-3-12)11-20-16-7-6-14(19)10-15(16)18(8-9-18)17(20)21/h6-7,10,12-13H,2-5,8-9,11H2,1H3. The molecule has 0 bridgehead atoms. The fourth-order valence-corrected chi connectivity index (χ4v) is 4.17. The molecule has 1 amide bonds. The van der Waals surface area contributed by atoms with Gasteiger partial charge in [-0.2, -0.15) is 0 Å². The van der Waals surface area contributed by atoms with Crippen molar-refractivity contribution >= 4 is 11.6 Å². The molecule has 2 aliphatic carbocycles. The molecule has 4 rings (SSSR count). The Balaban J connectivity index is 1.60. The van der Waals surface area contributed by atoms with Gasteiger partial charge in [0, 0.05) is 12.2 Å². The van der Waals surface area contributed by atoms with Gasteiger partial charge >= 0.3 is 0 Å². The van der Waals surface area contributed by atoms with Crippen LogP contribution in [0.2, 0.25) is 0 Å². The molecule has 3 aliphatic rings. The zero-order valence-electron chi connectivity index (χ0n) is 12.6. The molecule has 0 N–H and O–H groups in total. The number of rotatable bonds is 2. The fourth-order valence-electron chi connectivity index (χ4n) is 4.17. The second-order valence-electron chi connectivity index (χ2n) is 7.29. The summed E-state index contributed by atoms with van der Waals surface area (Å²) in [4.78, 5) is 14.8. The summed E-state index contributed by atoms with van der Waals surface area (Å²) in [6, 6.07) is 4.88. The smallest absolute Gasteiger partial charge is 0.237 e. The van der Waals surface area contributed by atoms with E-state index in [4.69, 9.17) is 0 Å². The van der Waals surface area contributed by atoms with Crippen molar-refractivity contribution in [3.63, 3.8) is 0 Å². The van der Waals surface area contributed by atoms with Gasteiger partial charge in [0.25, 0.3) is 0 Å². The van der Waals surface area contributed by atoms with E-state index in [0.717, 1.165) is 36.6 Å². The van der Waals surface area contributed by atoms with Crippen LogP contribution in [0.5, 0.6) is 0 Å². The predicted molar refractivity (Wildman–Crippen MR) is 80.8 cm³/mol. The van der Waals surface area contributed by atoms with Crippen LogP contribution in [0.25, 0.3) is 0 Å². The van der Waals surface area contributed by atoms with E-state index in [2.05, 4.69) is 6.92 Å². The summed E-state index contributed by atoms with van der Waals surface area (Å²) in [5, 5.41) is 0. The Kier molecular flexibility index (Phi) is 2.88. The normalized spacial score (nSPS) is 29.8. The molecule has 2 saturated carbocycles. The molecule has 1 aliphatic heterocycles. The molecule has 1 aromatic rings. The molecular weight excluding hydrogens is 265 g/mol. The van der Waals surface area contributed by atoms with E-state index >= 15 is 0 Å². The van der Waals surface area contributed by atoms with Gasteiger partial charge in [0.1, 0.15) is 5.82 Å². The highest BCUT2D eigenvalue weighted by atomic mass is 19.1. The number of amides is 1. The van der Waals surface area contributed by atoms with Crippen LogP contribution in [-0.2, 0) is 10.2 Å². The zero-order valence-corrected chi connectivity index (χ0v) is 12.6. The Hall–Kier alpha value is -1.38. The molecule has 1 heterocycles. The van der Waals surface area contributed by atoms with Crippen molar-refractivity contribution in [1.29, 1.82) is 0 Å². The van der Waals surface area contributed by atoms with Gasteiger partial charge in [-0.05, 0) is 61.3 Å². The highest BCUT2D eigenvalue weighted by molar-refractivity contribution is 6.10. The van der Waals surface area contributed by atoms with Crippen LogP contribution in [-0.4, -0.2) is 12.5 Å². The minimum Gasteiger partial charge on any atom is -0.311 e. The Morgan fingerprint density at radius 1 is 1.24 bits per heavy atom. The molecule has 1 aromatic carbocycles.